The van der Waals surface area contributed by atoms with Crippen molar-refractivity contribution < 1.29 is 9.59 Å². The predicted molar refractivity (Wildman–Crippen MR) is 97.8 cm³/mol. The highest BCUT2D eigenvalue weighted by atomic mass is 79.9. The molecule has 0 aliphatic heterocycles. The van der Waals surface area contributed by atoms with Crippen LogP contribution in [-0.2, 0) is 6.42 Å². The average Bonchev–Trinajstić information content (AvgIpc) is 2.96. The van der Waals surface area contributed by atoms with Gasteiger partial charge in [-0.15, -0.1) is 0 Å². The predicted octanol–water partition coefficient (Wildman–Crippen LogP) is 4.48. The second-order valence-electron chi connectivity index (χ2n) is 6.10. The summed E-state index contributed by atoms with van der Waals surface area (Å²) in [4.78, 5) is 25.8. The summed E-state index contributed by atoms with van der Waals surface area (Å²) in [5, 5.41) is 10.0. The molecule has 2 aromatic carbocycles. The lowest BCUT2D eigenvalue weighted by Gasteiger charge is -2.14. The number of carbonyl (C=O) groups is 2. The van der Waals surface area contributed by atoms with Gasteiger partial charge < -0.3 is 0 Å². The van der Waals surface area contributed by atoms with Gasteiger partial charge in [0.1, 0.15) is 0 Å². The molecule has 1 aromatic heterocycles. The summed E-state index contributed by atoms with van der Waals surface area (Å²) < 4.78 is 2.44. The molecule has 5 heteroatoms. The maximum Gasteiger partial charge on any atom is 0.263 e. The first-order valence-corrected chi connectivity index (χ1v) is 8.80. The van der Waals surface area contributed by atoms with Crippen LogP contribution in [0.1, 0.15) is 44.8 Å². The Balaban J connectivity index is 2.01. The second kappa shape index (κ2) is 5.98. The Bertz CT molecular complexity index is 1090. The first-order valence-electron chi connectivity index (χ1n) is 8.01. The van der Waals surface area contributed by atoms with Crippen LogP contribution in [0.15, 0.2) is 46.9 Å². The summed E-state index contributed by atoms with van der Waals surface area (Å²) in [6, 6.07) is 14.3. The van der Waals surface area contributed by atoms with Gasteiger partial charge in [0.2, 0.25) is 0 Å². The maximum atomic E-state index is 13.2. The van der Waals surface area contributed by atoms with E-state index in [1.165, 1.54) is 4.57 Å². The highest BCUT2D eigenvalue weighted by Gasteiger charge is 2.29. The number of hydrogen-bond acceptors (Lipinski definition) is 3. The lowest BCUT2D eigenvalue weighted by Crippen LogP contribution is -2.21. The lowest BCUT2D eigenvalue weighted by molar-refractivity contribution is 0.0913. The Kier molecular flexibility index (Phi) is 3.78. The maximum absolute atomic E-state index is 13.2. The SMILES string of the molecule is N#Cc1cccc(C(=O)n2c3c(c4cc(Br)ccc42)CCCC3=O)c1. The van der Waals surface area contributed by atoms with Gasteiger partial charge >= 0.3 is 0 Å². The number of aromatic nitrogens is 1. The minimum atomic E-state index is -0.277. The summed E-state index contributed by atoms with van der Waals surface area (Å²) >= 11 is 3.47. The standard InChI is InChI=1S/C20H13BrN2O2/c21-14-7-8-17-16(10-14)15-5-2-6-18(24)19(15)23(17)20(25)13-4-1-3-12(9-13)11-22/h1,3-4,7-10H,2,5-6H2. The van der Waals surface area contributed by atoms with E-state index in [1.54, 1.807) is 24.3 Å². The van der Waals surface area contributed by atoms with Crippen molar-refractivity contribution in [3.63, 3.8) is 0 Å². The number of hydrogen-bond donors (Lipinski definition) is 0. The molecule has 4 rings (SSSR count). The molecule has 0 amide bonds. The number of carbonyl (C=O) groups excluding carboxylic acids is 2. The van der Waals surface area contributed by atoms with Gasteiger partial charge in [0, 0.05) is 21.8 Å². The van der Waals surface area contributed by atoms with E-state index in [0.717, 1.165) is 33.8 Å². The fourth-order valence-electron chi connectivity index (χ4n) is 3.48. The molecule has 1 aliphatic carbocycles. The van der Waals surface area contributed by atoms with E-state index in [2.05, 4.69) is 15.9 Å². The lowest BCUT2D eigenvalue weighted by atomic mass is 9.94. The molecule has 25 heavy (non-hydrogen) atoms. The van der Waals surface area contributed by atoms with E-state index in [4.69, 9.17) is 5.26 Å². The summed E-state index contributed by atoms with van der Waals surface area (Å²) in [7, 11) is 0. The number of Topliss-reactive ketones (excluding diaryl/α,β-unsaturated/α-hetero) is 1. The fraction of sp³-hybridized carbons (Fsp3) is 0.150. The van der Waals surface area contributed by atoms with E-state index in [-0.39, 0.29) is 11.7 Å². The number of aryl methyl sites for hydroxylation is 1. The molecule has 4 nitrogen and oxygen atoms in total. The molecule has 1 heterocycles. The van der Waals surface area contributed by atoms with Crippen molar-refractivity contribution >= 4 is 38.5 Å². The van der Waals surface area contributed by atoms with Crippen LogP contribution in [-0.4, -0.2) is 16.3 Å². The van der Waals surface area contributed by atoms with Crippen molar-refractivity contribution in [3.05, 3.63) is 69.3 Å². The number of ketones is 1. The first-order chi connectivity index (χ1) is 12.1. The Morgan fingerprint density at radius 2 is 2.00 bits per heavy atom. The molecule has 1 aliphatic rings. The van der Waals surface area contributed by atoms with Crippen LogP contribution in [0.25, 0.3) is 10.9 Å². The number of benzene rings is 2. The number of nitrogens with zero attached hydrogens (tertiary/aromatic N) is 2. The molecule has 0 radical (unpaired) electrons. The third-order valence-electron chi connectivity index (χ3n) is 4.57. The van der Waals surface area contributed by atoms with Crippen molar-refractivity contribution in [1.82, 2.24) is 4.57 Å². The van der Waals surface area contributed by atoms with Gasteiger partial charge in [-0.05, 0) is 54.8 Å². The van der Waals surface area contributed by atoms with E-state index in [9.17, 15) is 9.59 Å². The largest absolute Gasteiger partial charge is 0.293 e. The summed E-state index contributed by atoms with van der Waals surface area (Å²) in [6.07, 6.45) is 2.04. The molecule has 0 spiro atoms. The van der Waals surface area contributed by atoms with Crippen molar-refractivity contribution in [3.8, 4) is 6.07 Å². The zero-order valence-corrected chi connectivity index (χ0v) is 14.8. The van der Waals surface area contributed by atoms with Crippen LogP contribution in [0.4, 0.5) is 0 Å². The molecule has 0 saturated carbocycles. The Morgan fingerprint density at radius 1 is 1.16 bits per heavy atom. The minimum Gasteiger partial charge on any atom is -0.293 e. The molecular weight excluding hydrogens is 380 g/mol. The van der Waals surface area contributed by atoms with Gasteiger partial charge in [0.05, 0.1) is 22.8 Å². The van der Waals surface area contributed by atoms with E-state index < -0.39 is 0 Å². The number of nitriles is 1. The molecule has 0 saturated heterocycles. The van der Waals surface area contributed by atoms with Crippen LogP contribution in [0.3, 0.4) is 0 Å². The van der Waals surface area contributed by atoms with Gasteiger partial charge in [-0.3, -0.25) is 14.2 Å². The smallest absolute Gasteiger partial charge is 0.263 e. The van der Waals surface area contributed by atoms with Crippen molar-refractivity contribution in [1.29, 1.82) is 5.26 Å². The van der Waals surface area contributed by atoms with Gasteiger partial charge in [-0.2, -0.15) is 5.26 Å². The average molecular weight is 393 g/mol. The highest BCUT2D eigenvalue weighted by molar-refractivity contribution is 9.10. The summed E-state index contributed by atoms with van der Waals surface area (Å²) in [5.74, 6) is -0.278. The number of rotatable bonds is 1. The molecule has 0 atom stereocenters. The van der Waals surface area contributed by atoms with Gasteiger partial charge in [0.25, 0.3) is 5.91 Å². The molecule has 122 valence electrons. The van der Waals surface area contributed by atoms with Crippen LogP contribution >= 0.6 is 15.9 Å². The van der Waals surface area contributed by atoms with Crippen LogP contribution in [0.2, 0.25) is 0 Å². The molecule has 3 aromatic rings. The third-order valence-corrected chi connectivity index (χ3v) is 5.06. The normalized spacial score (nSPS) is 13.5. The summed E-state index contributed by atoms with van der Waals surface area (Å²) in [6.45, 7) is 0. The first kappa shape index (κ1) is 15.8. The third kappa shape index (κ3) is 2.50. The molecule has 0 fully saturated rings. The molecule has 0 N–H and O–H groups in total. The van der Waals surface area contributed by atoms with E-state index >= 15 is 0 Å². The minimum absolute atomic E-state index is 0.00152. The zero-order chi connectivity index (χ0) is 17.6. The second-order valence-corrected chi connectivity index (χ2v) is 7.01. The molecule has 0 bridgehead atoms. The van der Waals surface area contributed by atoms with E-state index in [1.807, 2.05) is 24.3 Å². The van der Waals surface area contributed by atoms with E-state index in [0.29, 0.717) is 23.2 Å². The highest BCUT2D eigenvalue weighted by Crippen LogP contribution is 2.34. The summed E-state index contributed by atoms with van der Waals surface area (Å²) in [5.41, 5.74) is 2.99. The van der Waals surface area contributed by atoms with Gasteiger partial charge in [0.15, 0.2) is 5.78 Å². The van der Waals surface area contributed by atoms with Crippen molar-refractivity contribution in [2.45, 2.75) is 19.3 Å². The van der Waals surface area contributed by atoms with Crippen LogP contribution in [0.5, 0.6) is 0 Å². The quantitative estimate of drug-likeness (QED) is 0.612. The number of fused-ring (bicyclic) bond motifs is 3. The fourth-order valence-corrected chi connectivity index (χ4v) is 3.84. The van der Waals surface area contributed by atoms with Gasteiger partial charge in [-0.1, -0.05) is 22.0 Å². The van der Waals surface area contributed by atoms with Crippen LogP contribution < -0.4 is 0 Å². The molecule has 0 unspecified atom stereocenters. The van der Waals surface area contributed by atoms with Crippen molar-refractivity contribution in [2.75, 3.05) is 0 Å². The topological polar surface area (TPSA) is 62.9 Å². The molecular formula is C20H13BrN2O2. The Labute approximate surface area is 152 Å². The van der Waals surface area contributed by atoms with Crippen molar-refractivity contribution in [2.24, 2.45) is 0 Å². The number of halogens is 1. The van der Waals surface area contributed by atoms with Crippen LogP contribution in [0, 0.1) is 11.3 Å². The Hall–Kier alpha value is -2.71. The monoisotopic (exact) mass is 392 g/mol. The van der Waals surface area contributed by atoms with Gasteiger partial charge in [-0.25, -0.2) is 0 Å². The zero-order valence-electron chi connectivity index (χ0n) is 13.3. The Morgan fingerprint density at radius 3 is 2.80 bits per heavy atom.